The molecule has 0 spiro atoms. The molecule has 0 saturated carbocycles. The topological polar surface area (TPSA) is 80.0 Å². The number of ketones is 1. The van der Waals surface area contributed by atoms with Crippen LogP contribution in [0.5, 0.6) is 5.75 Å². The summed E-state index contributed by atoms with van der Waals surface area (Å²) in [5.74, 6) is 0.518. The van der Waals surface area contributed by atoms with E-state index in [-0.39, 0.29) is 16.9 Å². The lowest BCUT2D eigenvalue weighted by atomic mass is 9.72. The molecular formula is C18H20N4O2S. The first kappa shape index (κ1) is 16.2. The lowest BCUT2D eigenvalue weighted by Crippen LogP contribution is -2.42. The van der Waals surface area contributed by atoms with E-state index in [0.717, 1.165) is 5.70 Å². The van der Waals surface area contributed by atoms with Crippen molar-refractivity contribution in [2.24, 2.45) is 11.3 Å². The Morgan fingerprint density at radius 2 is 2.12 bits per heavy atom. The van der Waals surface area contributed by atoms with Crippen molar-refractivity contribution in [1.29, 1.82) is 0 Å². The third kappa shape index (κ3) is 2.63. The summed E-state index contributed by atoms with van der Waals surface area (Å²) < 4.78 is 1.74. The van der Waals surface area contributed by atoms with E-state index in [1.54, 1.807) is 16.8 Å². The standard InChI is InChI=1S/C18H20N4O2S/c1-18(2)8-11-14(13(24)9-18)15(10-6-4-5-7-12(10)23)22-16(19-11)20-17(21-22)25-3/h4-8,14-15,23H,9H2,1-3H3,(H,19,20,21)/t14-,15-/m0/s1. The van der Waals surface area contributed by atoms with Crippen LogP contribution in [0.1, 0.15) is 31.9 Å². The molecule has 0 fully saturated rings. The summed E-state index contributed by atoms with van der Waals surface area (Å²) in [5, 5.41) is 18.9. The van der Waals surface area contributed by atoms with Crippen LogP contribution in [0.25, 0.3) is 0 Å². The third-order valence-electron chi connectivity index (χ3n) is 4.74. The second-order valence-corrected chi connectivity index (χ2v) is 7.98. The molecule has 1 aromatic carbocycles. The number of para-hydroxylation sites is 1. The molecule has 130 valence electrons. The number of hydrogen-bond donors (Lipinski definition) is 2. The van der Waals surface area contributed by atoms with E-state index >= 15 is 0 Å². The average molecular weight is 356 g/mol. The van der Waals surface area contributed by atoms with Crippen LogP contribution in [0, 0.1) is 11.3 Å². The molecule has 0 unspecified atom stereocenters. The largest absolute Gasteiger partial charge is 0.508 e. The van der Waals surface area contributed by atoms with E-state index in [9.17, 15) is 9.90 Å². The number of anilines is 1. The Balaban J connectivity index is 1.94. The zero-order valence-electron chi connectivity index (χ0n) is 14.4. The lowest BCUT2D eigenvalue weighted by molar-refractivity contribution is -0.125. The predicted octanol–water partition coefficient (Wildman–Crippen LogP) is 3.22. The minimum atomic E-state index is -0.402. The predicted molar refractivity (Wildman–Crippen MR) is 96.6 cm³/mol. The fraction of sp³-hybridized carbons (Fsp3) is 0.389. The minimum Gasteiger partial charge on any atom is -0.508 e. The number of benzene rings is 1. The van der Waals surface area contributed by atoms with Gasteiger partial charge in [-0.2, -0.15) is 4.98 Å². The molecule has 1 aliphatic heterocycles. The Hall–Kier alpha value is -2.28. The number of nitrogens with zero attached hydrogens (tertiary/aromatic N) is 3. The Kier molecular flexibility index (Phi) is 3.64. The Morgan fingerprint density at radius 3 is 2.84 bits per heavy atom. The fourth-order valence-electron chi connectivity index (χ4n) is 3.74. The number of thioether (sulfide) groups is 1. The smallest absolute Gasteiger partial charge is 0.227 e. The van der Waals surface area contributed by atoms with Gasteiger partial charge in [-0.1, -0.05) is 49.9 Å². The van der Waals surface area contributed by atoms with Crippen molar-refractivity contribution < 1.29 is 9.90 Å². The van der Waals surface area contributed by atoms with Crippen molar-refractivity contribution in [3.05, 3.63) is 41.6 Å². The minimum absolute atomic E-state index is 0.148. The number of carbonyl (C=O) groups excluding carboxylic acids is 1. The highest BCUT2D eigenvalue weighted by Gasteiger charge is 2.45. The first-order valence-electron chi connectivity index (χ1n) is 8.20. The van der Waals surface area contributed by atoms with Crippen LogP contribution in [-0.4, -0.2) is 31.9 Å². The zero-order valence-corrected chi connectivity index (χ0v) is 15.2. The maximum Gasteiger partial charge on any atom is 0.227 e. The van der Waals surface area contributed by atoms with Crippen molar-refractivity contribution in [3.63, 3.8) is 0 Å². The second-order valence-electron chi connectivity index (χ2n) is 7.20. The molecule has 4 rings (SSSR count). The number of aromatic hydroxyl groups is 1. The van der Waals surface area contributed by atoms with E-state index in [2.05, 4.69) is 35.3 Å². The number of nitrogens with one attached hydrogen (secondary N) is 1. The maximum atomic E-state index is 13.0. The average Bonchev–Trinajstić information content (AvgIpc) is 2.95. The summed E-state index contributed by atoms with van der Waals surface area (Å²) in [6.45, 7) is 4.11. The molecule has 0 saturated heterocycles. The van der Waals surface area contributed by atoms with Gasteiger partial charge in [0.25, 0.3) is 0 Å². The number of phenolic OH excluding ortho intramolecular Hbond substituents is 1. The summed E-state index contributed by atoms with van der Waals surface area (Å²) in [6.07, 6.45) is 4.49. The van der Waals surface area contributed by atoms with E-state index in [1.807, 2.05) is 18.4 Å². The van der Waals surface area contributed by atoms with Crippen molar-refractivity contribution in [3.8, 4) is 5.75 Å². The molecule has 1 aromatic heterocycles. The van der Waals surface area contributed by atoms with Gasteiger partial charge in [-0.05, 0) is 17.7 Å². The summed E-state index contributed by atoms with van der Waals surface area (Å²) in [5.41, 5.74) is 1.33. The summed E-state index contributed by atoms with van der Waals surface area (Å²) in [7, 11) is 0. The van der Waals surface area contributed by atoms with Gasteiger partial charge < -0.3 is 10.4 Å². The number of carbonyl (C=O) groups is 1. The molecule has 25 heavy (non-hydrogen) atoms. The monoisotopic (exact) mass is 356 g/mol. The Bertz CT molecular complexity index is 887. The van der Waals surface area contributed by atoms with Gasteiger partial charge in [-0.25, -0.2) is 4.68 Å². The fourth-order valence-corrected chi connectivity index (χ4v) is 4.09. The van der Waals surface area contributed by atoms with Gasteiger partial charge in [0.2, 0.25) is 11.1 Å². The lowest BCUT2D eigenvalue weighted by Gasteiger charge is -2.40. The molecule has 7 heteroatoms. The van der Waals surface area contributed by atoms with Crippen LogP contribution in [0.15, 0.2) is 41.2 Å². The van der Waals surface area contributed by atoms with E-state index in [1.165, 1.54) is 11.8 Å². The molecular weight excluding hydrogens is 336 g/mol. The molecule has 2 atom stereocenters. The van der Waals surface area contributed by atoms with Crippen molar-refractivity contribution >= 4 is 23.5 Å². The maximum absolute atomic E-state index is 13.0. The molecule has 2 aliphatic rings. The van der Waals surface area contributed by atoms with Crippen molar-refractivity contribution in [1.82, 2.24) is 14.8 Å². The van der Waals surface area contributed by atoms with Gasteiger partial charge in [0.05, 0.1) is 12.0 Å². The van der Waals surface area contributed by atoms with Crippen molar-refractivity contribution in [2.75, 3.05) is 11.6 Å². The van der Waals surface area contributed by atoms with Crippen LogP contribution in [0.3, 0.4) is 0 Å². The molecule has 1 aliphatic carbocycles. The van der Waals surface area contributed by atoms with Crippen molar-refractivity contribution in [2.45, 2.75) is 31.5 Å². The number of Topliss-reactive ketones (excluding diaryl/α,β-unsaturated/α-hetero) is 1. The van der Waals surface area contributed by atoms with Crippen LogP contribution < -0.4 is 5.32 Å². The van der Waals surface area contributed by atoms with Crippen LogP contribution in [-0.2, 0) is 4.79 Å². The highest BCUT2D eigenvalue weighted by molar-refractivity contribution is 7.98. The van der Waals surface area contributed by atoms with Gasteiger partial charge >= 0.3 is 0 Å². The molecule has 6 nitrogen and oxygen atoms in total. The first-order chi connectivity index (χ1) is 11.9. The van der Waals surface area contributed by atoms with Crippen LogP contribution in [0.4, 0.5) is 5.95 Å². The second kappa shape index (κ2) is 5.62. The summed E-state index contributed by atoms with van der Waals surface area (Å²) in [6, 6.07) is 6.73. The molecule has 2 aromatic rings. The normalized spacial score (nSPS) is 24.1. The highest BCUT2D eigenvalue weighted by Crippen LogP contribution is 2.47. The van der Waals surface area contributed by atoms with E-state index in [0.29, 0.717) is 23.1 Å². The number of fused-ring (bicyclic) bond motifs is 2. The SMILES string of the molecule is CSc1nc2n(n1)[C@@H](c1ccccc1O)[C@@H]1C(=O)CC(C)(C)C=C1N2. The Morgan fingerprint density at radius 1 is 1.36 bits per heavy atom. The zero-order chi connectivity index (χ0) is 17.8. The van der Waals surface area contributed by atoms with E-state index < -0.39 is 12.0 Å². The molecule has 0 amide bonds. The third-order valence-corrected chi connectivity index (χ3v) is 5.28. The molecule has 0 radical (unpaired) electrons. The van der Waals surface area contributed by atoms with Crippen LogP contribution >= 0.6 is 11.8 Å². The number of allylic oxidation sites excluding steroid dienone is 2. The van der Waals surface area contributed by atoms with Gasteiger partial charge in [0, 0.05) is 17.7 Å². The van der Waals surface area contributed by atoms with Crippen LogP contribution in [0.2, 0.25) is 0 Å². The van der Waals surface area contributed by atoms with Gasteiger partial charge in [0.1, 0.15) is 11.5 Å². The number of hydrogen-bond acceptors (Lipinski definition) is 6. The summed E-state index contributed by atoms with van der Waals surface area (Å²) in [4.78, 5) is 17.5. The van der Waals surface area contributed by atoms with Gasteiger partial charge in [0.15, 0.2) is 0 Å². The quantitative estimate of drug-likeness (QED) is 0.804. The molecule has 2 N–H and O–H groups in total. The first-order valence-corrected chi connectivity index (χ1v) is 9.43. The number of aromatic nitrogens is 3. The summed E-state index contributed by atoms with van der Waals surface area (Å²) >= 11 is 1.45. The number of rotatable bonds is 2. The van der Waals surface area contributed by atoms with Gasteiger partial charge in [-0.15, -0.1) is 5.10 Å². The molecule has 2 heterocycles. The Labute approximate surface area is 150 Å². The van der Waals surface area contributed by atoms with E-state index in [4.69, 9.17) is 0 Å². The highest BCUT2D eigenvalue weighted by atomic mass is 32.2. The molecule has 0 bridgehead atoms. The van der Waals surface area contributed by atoms with Gasteiger partial charge in [-0.3, -0.25) is 4.79 Å². The number of phenols is 1.